The van der Waals surface area contributed by atoms with E-state index >= 15 is 0 Å². The quantitative estimate of drug-likeness (QED) is 0.808. The second kappa shape index (κ2) is 5.17. The fraction of sp³-hybridized carbons (Fsp3) is 0.500. The average Bonchev–Trinajstić information content (AvgIpc) is 2.20. The summed E-state index contributed by atoms with van der Waals surface area (Å²) >= 11 is 5.93. The van der Waals surface area contributed by atoms with Crippen molar-refractivity contribution in [2.45, 2.75) is 19.9 Å². The van der Waals surface area contributed by atoms with E-state index in [1.165, 1.54) is 0 Å². The Morgan fingerprint density at radius 3 is 2.86 bits per heavy atom. The molecule has 3 nitrogen and oxygen atoms in total. The van der Waals surface area contributed by atoms with Crippen LogP contribution in [0.4, 0.5) is 5.69 Å². The average molecular weight is 215 g/mol. The molecule has 14 heavy (non-hydrogen) atoms. The Morgan fingerprint density at radius 2 is 2.29 bits per heavy atom. The lowest BCUT2D eigenvalue weighted by molar-refractivity contribution is 0.226. The third-order valence-electron chi connectivity index (χ3n) is 2.30. The first-order valence-corrected chi connectivity index (χ1v) is 5.00. The maximum atomic E-state index is 8.97. The minimum Gasteiger partial charge on any atom is -0.396 e. The van der Waals surface area contributed by atoms with Crippen molar-refractivity contribution in [3.05, 3.63) is 23.5 Å². The fourth-order valence-corrected chi connectivity index (χ4v) is 1.21. The molecule has 2 unspecified atom stereocenters. The predicted molar refractivity (Wildman–Crippen MR) is 58.6 cm³/mol. The van der Waals surface area contributed by atoms with Gasteiger partial charge < -0.3 is 10.4 Å². The van der Waals surface area contributed by atoms with Gasteiger partial charge in [-0.3, -0.25) is 4.98 Å². The normalized spacial score (nSPS) is 14.9. The topological polar surface area (TPSA) is 45.1 Å². The molecule has 2 atom stereocenters. The second-order valence-electron chi connectivity index (χ2n) is 3.45. The van der Waals surface area contributed by atoms with Crippen LogP contribution in [0.25, 0.3) is 0 Å². The summed E-state index contributed by atoms with van der Waals surface area (Å²) in [6.45, 7) is 4.15. The summed E-state index contributed by atoms with van der Waals surface area (Å²) in [5.74, 6) is 0.194. The molecule has 0 aliphatic carbocycles. The molecule has 4 heteroatoms. The molecule has 0 radical (unpaired) electrons. The van der Waals surface area contributed by atoms with Crippen molar-refractivity contribution in [3.8, 4) is 0 Å². The first-order valence-electron chi connectivity index (χ1n) is 4.62. The van der Waals surface area contributed by atoms with Gasteiger partial charge in [-0.2, -0.15) is 0 Å². The van der Waals surface area contributed by atoms with Gasteiger partial charge in [0.25, 0.3) is 0 Å². The summed E-state index contributed by atoms with van der Waals surface area (Å²) in [5.41, 5.74) is 0.856. The van der Waals surface area contributed by atoms with Crippen LogP contribution in [-0.2, 0) is 0 Å². The smallest absolute Gasteiger partial charge is 0.0820 e. The molecule has 0 aromatic carbocycles. The highest BCUT2D eigenvalue weighted by Crippen LogP contribution is 2.21. The van der Waals surface area contributed by atoms with Crippen LogP contribution in [0, 0.1) is 5.92 Å². The zero-order valence-electron chi connectivity index (χ0n) is 8.37. The molecule has 78 valence electrons. The van der Waals surface area contributed by atoms with Crippen LogP contribution in [0.2, 0.25) is 5.02 Å². The van der Waals surface area contributed by atoms with Crippen LogP contribution < -0.4 is 5.32 Å². The Kier molecular flexibility index (Phi) is 4.17. The van der Waals surface area contributed by atoms with E-state index in [0.717, 1.165) is 5.69 Å². The van der Waals surface area contributed by atoms with Crippen LogP contribution in [0.5, 0.6) is 0 Å². The minimum absolute atomic E-state index is 0.164. The van der Waals surface area contributed by atoms with Gasteiger partial charge in [-0.1, -0.05) is 18.5 Å². The molecule has 0 saturated carbocycles. The SMILES string of the molecule is CC(CO)C(C)Nc1ccncc1Cl. The van der Waals surface area contributed by atoms with Crippen molar-refractivity contribution >= 4 is 17.3 Å². The molecule has 0 bridgehead atoms. The van der Waals surface area contributed by atoms with Gasteiger partial charge in [0, 0.05) is 25.0 Å². The monoisotopic (exact) mass is 214 g/mol. The predicted octanol–water partition coefficient (Wildman–Crippen LogP) is 2.16. The van der Waals surface area contributed by atoms with Crippen molar-refractivity contribution in [3.63, 3.8) is 0 Å². The van der Waals surface area contributed by atoms with Crippen LogP contribution in [0.1, 0.15) is 13.8 Å². The number of aromatic nitrogens is 1. The number of halogens is 1. The van der Waals surface area contributed by atoms with E-state index in [1.54, 1.807) is 12.4 Å². The maximum absolute atomic E-state index is 8.97. The van der Waals surface area contributed by atoms with Gasteiger partial charge in [0.1, 0.15) is 0 Å². The summed E-state index contributed by atoms with van der Waals surface area (Å²) in [7, 11) is 0. The Morgan fingerprint density at radius 1 is 1.57 bits per heavy atom. The lowest BCUT2D eigenvalue weighted by Gasteiger charge is -2.20. The van der Waals surface area contributed by atoms with E-state index in [-0.39, 0.29) is 18.6 Å². The zero-order valence-corrected chi connectivity index (χ0v) is 9.12. The van der Waals surface area contributed by atoms with E-state index in [2.05, 4.69) is 10.3 Å². The number of anilines is 1. The van der Waals surface area contributed by atoms with Crippen molar-refractivity contribution in [2.75, 3.05) is 11.9 Å². The van der Waals surface area contributed by atoms with Gasteiger partial charge in [0.05, 0.1) is 10.7 Å². The van der Waals surface area contributed by atoms with E-state index < -0.39 is 0 Å². The number of aliphatic hydroxyl groups is 1. The summed E-state index contributed by atoms with van der Waals surface area (Å²) in [4.78, 5) is 3.90. The van der Waals surface area contributed by atoms with E-state index in [0.29, 0.717) is 5.02 Å². The van der Waals surface area contributed by atoms with Crippen LogP contribution in [0.3, 0.4) is 0 Å². The van der Waals surface area contributed by atoms with E-state index in [4.69, 9.17) is 16.7 Å². The van der Waals surface area contributed by atoms with Gasteiger partial charge in [-0.05, 0) is 18.9 Å². The number of nitrogens with zero attached hydrogens (tertiary/aromatic N) is 1. The lowest BCUT2D eigenvalue weighted by atomic mass is 10.1. The Hall–Kier alpha value is -0.800. The fourth-order valence-electron chi connectivity index (χ4n) is 1.04. The molecular formula is C10H15ClN2O. The Bertz CT molecular complexity index is 293. The number of pyridine rings is 1. The summed E-state index contributed by atoms with van der Waals surface area (Å²) in [5, 5.41) is 12.8. The summed E-state index contributed by atoms with van der Waals surface area (Å²) in [6, 6.07) is 2.00. The highest BCUT2D eigenvalue weighted by molar-refractivity contribution is 6.33. The molecule has 1 rings (SSSR count). The Labute approximate surface area is 89.1 Å². The lowest BCUT2D eigenvalue weighted by Crippen LogP contribution is -2.26. The third-order valence-corrected chi connectivity index (χ3v) is 2.60. The van der Waals surface area contributed by atoms with Crippen molar-refractivity contribution in [2.24, 2.45) is 5.92 Å². The van der Waals surface area contributed by atoms with Crippen molar-refractivity contribution in [1.29, 1.82) is 0 Å². The third kappa shape index (κ3) is 2.86. The number of hydrogen-bond acceptors (Lipinski definition) is 3. The van der Waals surface area contributed by atoms with Gasteiger partial charge >= 0.3 is 0 Å². The molecule has 0 amide bonds. The molecule has 0 saturated heterocycles. The van der Waals surface area contributed by atoms with Gasteiger partial charge in [0.2, 0.25) is 0 Å². The van der Waals surface area contributed by atoms with Crippen LogP contribution >= 0.6 is 11.6 Å². The van der Waals surface area contributed by atoms with Gasteiger partial charge in [-0.15, -0.1) is 0 Å². The molecule has 1 heterocycles. The molecule has 0 fully saturated rings. The number of hydrogen-bond donors (Lipinski definition) is 2. The molecule has 1 aromatic rings. The Balaban J connectivity index is 2.64. The molecule has 0 spiro atoms. The number of aliphatic hydroxyl groups excluding tert-OH is 1. The first-order chi connectivity index (χ1) is 6.65. The first kappa shape index (κ1) is 11.3. The maximum Gasteiger partial charge on any atom is 0.0820 e. The molecular weight excluding hydrogens is 200 g/mol. The van der Waals surface area contributed by atoms with Gasteiger partial charge in [0.15, 0.2) is 0 Å². The highest BCUT2D eigenvalue weighted by Gasteiger charge is 2.11. The van der Waals surface area contributed by atoms with Gasteiger partial charge in [-0.25, -0.2) is 0 Å². The van der Waals surface area contributed by atoms with Crippen LogP contribution in [0.15, 0.2) is 18.5 Å². The van der Waals surface area contributed by atoms with E-state index in [1.807, 2.05) is 19.9 Å². The largest absolute Gasteiger partial charge is 0.396 e. The summed E-state index contributed by atoms with van der Waals surface area (Å²) in [6.07, 6.45) is 3.28. The standard InChI is InChI=1S/C10H15ClN2O/c1-7(6-14)8(2)13-10-3-4-12-5-9(10)11/h3-5,7-8,14H,6H2,1-2H3,(H,12,13). The minimum atomic E-state index is 0.164. The van der Waals surface area contributed by atoms with E-state index in [9.17, 15) is 0 Å². The van der Waals surface area contributed by atoms with Crippen LogP contribution in [-0.4, -0.2) is 22.7 Å². The summed E-state index contributed by atoms with van der Waals surface area (Å²) < 4.78 is 0. The molecule has 0 aliphatic heterocycles. The number of nitrogens with one attached hydrogen (secondary N) is 1. The zero-order chi connectivity index (χ0) is 10.6. The van der Waals surface area contributed by atoms with Crippen molar-refractivity contribution in [1.82, 2.24) is 4.98 Å². The highest BCUT2D eigenvalue weighted by atomic mass is 35.5. The molecule has 2 N–H and O–H groups in total. The molecule has 0 aliphatic rings. The number of rotatable bonds is 4. The van der Waals surface area contributed by atoms with Crippen molar-refractivity contribution < 1.29 is 5.11 Å². The molecule has 1 aromatic heterocycles. The second-order valence-corrected chi connectivity index (χ2v) is 3.86.